The summed E-state index contributed by atoms with van der Waals surface area (Å²) in [6.45, 7) is 2.24. The van der Waals surface area contributed by atoms with Crippen molar-refractivity contribution >= 4 is 24.0 Å². The Labute approximate surface area is 255 Å². The Bertz CT molecular complexity index is 1860. The van der Waals surface area contributed by atoms with Gasteiger partial charge in [0.2, 0.25) is 11.9 Å². The van der Waals surface area contributed by atoms with Crippen molar-refractivity contribution in [3.8, 4) is 34.3 Å². The highest BCUT2D eigenvalue weighted by Crippen LogP contribution is 2.38. The second kappa shape index (κ2) is 13.8. The number of carbonyl (C=O) groups is 2. The molecule has 2 N–H and O–H groups in total. The van der Waals surface area contributed by atoms with Gasteiger partial charge in [-0.3, -0.25) is 14.9 Å². The number of nitrogens with zero attached hydrogens (tertiary/aromatic N) is 8. The number of anilines is 1. The molecule has 0 saturated carbocycles. The van der Waals surface area contributed by atoms with Gasteiger partial charge in [-0.25, -0.2) is 14.2 Å². The highest BCUT2D eigenvalue weighted by Gasteiger charge is 2.31. The van der Waals surface area contributed by atoms with Gasteiger partial charge in [0.1, 0.15) is 6.33 Å². The number of fused-ring (bicyclic) bond motifs is 1. The number of nitrogens with one attached hydrogen (secondary N) is 1. The minimum Gasteiger partial charge on any atom is -0.483 e. The van der Waals surface area contributed by atoms with Gasteiger partial charge in [-0.15, -0.1) is 5.10 Å². The molecule has 0 aliphatic rings. The second-order valence-electron chi connectivity index (χ2n) is 10.0. The summed E-state index contributed by atoms with van der Waals surface area (Å²) < 4.78 is 44.0. The summed E-state index contributed by atoms with van der Waals surface area (Å²) in [4.78, 5) is 31.8. The molecule has 0 unspecified atom stereocenters. The van der Waals surface area contributed by atoms with Crippen molar-refractivity contribution in [2.75, 3.05) is 26.0 Å². The molecular formula is C30H28F3N9O3. The number of hydrogen-bond donors (Lipinski definition) is 2. The minimum absolute atomic E-state index is 0.0307. The number of hydrogen-bond acceptors (Lipinski definition) is 8. The third kappa shape index (κ3) is 7.48. The number of carboxylic acid groups (broad SMARTS) is 1. The molecule has 232 valence electrons. The van der Waals surface area contributed by atoms with Crippen LogP contribution >= 0.6 is 0 Å². The highest BCUT2D eigenvalue weighted by atomic mass is 19.4. The molecule has 0 atom stereocenters. The fraction of sp³-hybridized carbons (Fsp3) is 0.233. The normalized spacial score (nSPS) is 11.2. The van der Waals surface area contributed by atoms with Crippen molar-refractivity contribution in [2.24, 2.45) is 0 Å². The molecule has 12 nitrogen and oxygen atoms in total. The van der Waals surface area contributed by atoms with E-state index in [1.54, 1.807) is 48.1 Å². The maximum Gasteiger partial charge on any atom is 0.416 e. The van der Waals surface area contributed by atoms with Crippen molar-refractivity contribution in [1.29, 1.82) is 5.26 Å². The van der Waals surface area contributed by atoms with E-state index in [1.807, 2.05) is 19.0 Å². The lowest BCUT2D eigenvalue weighted by atomic mass is 9.96. The molecule has 0 spiro atoms. The van der Waals surface area contributed by atoms with E-state index in [0.29, 0.717) is 40.2 Å². The van der Waals surface area contributed by atoms with Gasteiger partial charge in [-0.05, 0) is 81.5 Å². The third-order valence-electron chi connectivity index (χ3n) is 6.65. The summed E-state index contributed by atoms with van der Waals surface area (Å²) in [5.41, 5.74) is 2.35. The van der Waals surface area contributed by atoms with Crippen molar-refractivity contribution in [3.05, 3.63) is 77.7 Å². The van der Waals surface area contributed by atoms with Crippen LogP contribution < -0.4 is 5.32 Å². The Kier molecular flexibility index (Phi) is 9.89. The molecule has 3 heterocycles. The molecule has 5 aromatic rings. The van der Waals surface area contributed by atoms with E-state index < -0.39 is 11.7 Å². The zero-order valence-corrected chi connectivity index (χ0v) is 24.4. The van der Waals surface area contributed by atoms with Gasteiger partial charge in [0.15, 0.2) is 11.5 Å². The Morgan fingerprint density at radius 1 is 1.18 bits per heavy atom. The number of alkyl halides is 3. The summed E-state index contributed by atoms with van der Waals surface area (Å²) in [5.74, 6) is 0.158. The fourth-order valence-corrected chi connectivity index (χ4v) is 4.61. The molecule has 45 heavy (non-hydrogen) atoms. The molecular weight excluding hydrogens is 591 g/mol. The molecule has 0 fully saturated rings. The van der Waals surface area contributed by atoms with Gasteiger partial charge >= 0.3 is 6.18 Å². The average molecular weight is 620 g/mol. The maximum absolute atomic E-state index is 13.7. The van der Waals surface area contributed by atoms with Gasteiger partial charge in [-0.2, -0.15) is 28.5 Å². The Morgan fingerprint density at radius 3 is 2.53 bits per heavy atom. The number of benzene rings is 2. The van der Waals surface area contributed by atoms with Crippen LogP contribution in [0.5, 0.6) is 0 Å². The van der Waals surface area contributed by atoms with E-state index in [9.17, 15) is 18.0 Å². The molecule has 3 aromatic heterocycles. The molecule has 2 aromatic carbocycles. The molecule has 15 heteroatoms. The van der Waals surface area contributed by atoms with E-state index in [4.69, 9.17) is 15.2 Å². The fourth-order valence-electron chi connectivity index (χ4n) is 4.61. The number of rotatable bonds is 8. The number of halogens is 3. The monoisotopic (exact) mass is 619 g/mol. The van der Waals surface area contributed by atoms with Gasteiger partial charge < -0.3 is 10.0 Å². The zero-order chi connectivity index (χ0) is 32.7. The lowest BCUT2D eigenvalue weighted by Gasteiger charge is -2.15. The summed E-state index contributed by atoms with van der Waals surface area (Å²) in [7, 11) is 3.83. The van der Waals surface area contributed by atoms with E-state index in [1.165, 1.54) is 16.9 Å². The maximum atomic E-state index is 13.7. The van der Waals surface area contributed by atoms with Crippen LogP contribution in [0.4, 0.5) is 19.1 Å². The molecule has 0 bridgehead atoms. The highest BCUT2D eigenvalue weighted by molar-refractivity contribution is 5.91. The Balaban J connectivity index is 0.00000148. The predicted molar refractivity (Wildman–Crippen MR) is 158 cm³/mol. The van der Waals surface area contributed by atoms with Crippen LogP contribution in [0.3, 0.4) is 0 Å². The first-order valence-electron chi connectivity index (χ1n) is 13.5. The van der Waals surface area contributed by atoms with Gasteiger partial charge in [0.25, 0.3) is 6.47 Å². The first-order chi connectivity index (χ1) is 21.5. The minimum atomic E-state index is -4.55. The van der Waals surface area contributed by atoms with Crippen molar-refractivity contribution in [3.63, 3.8) is 0 Å². The first-order valence-corrected chi connectivity index (χ1v) is 13.5. The lowest BCUT2D eigenvalue weighted by molar-refractivity contribution is -0.137. The van der Waals surface area contributed by atoms with E-state index >= 15 is 0 Å². The molecule has 0 aliphatic heterocycles. The van der Waals surface area contributed by atoms with Gasteiger partial charge in [-0.1, -0.05) is 12.1 Å². The molecule has 1 amide bonds. The predicted octanol–water partition coefficient (Wildman–Crippen LogP) is 4.82. The van der Waals surface area contributed by atoms with Crippen molar-refractivity contribution < 1.29 is 27.9 Å². The Morgan fingerprint density at radius 2 is 1.89 bits per heavy atom. The van der Waals surface area contributed by atoms with E-state index in [0.717, 1.165) is 18.7 Å². The second-order valence-corrected chi connectivity index (χ2v) is 10.0. The average Bonchev–Trinajstić information content (AvgIpc) is 3.63. The summed E-state index contributed by atoms with van der Waals surface area (Å²) >= 11 is 0. The number of aromatic nitrogens is 6. The van der Waals surface area contributed by atoms with Gasteiger partial charge in [0, 0.05) is 23.7 Å². The third-order valence-corrected chi connectivity index (χ3v) is 6.65. The van der Waals surface area contributed by atoms with Crippen LogP contribution in [-0.4, -0.2) is 72.4 Å². The first kappa shape index (κ1) is 32.3. The van der Waals surface area contributed by atoms with Crippen molar-refractivity contribution in [1.82, 2.24) is 34.3 Å². The van der Waals surface area contributed by atoms with Gasteiger partial charge in [0.05, 0.1) is 22.9 Å². The van der Waals surface area contributed by atoms with E-state index in [-0.39, 0.29) is 36.0 Å². The largest absolute Gasteiger partial charge is 0.483 e. The summed E-state index contributed by atoms with van der Waals surface area (Å²) in [6, 6.07) is 13.8. The van der Waals surface area contributed by atoms with Crippen LogP contribution in [0.25, 0.3) is 33.8 Å². The standard InChI is InChI=1S/C29H26F3N9O.CH2O2/c1-18-23(26-34-17-35-41(26)22-11-9-19(15-33)10-12-22)16-40-27(25(18)20-6-4-7-21(14-20)29(30,31)32)37-28(38-40)36-24(42)8-5-13-39(2)3;2-1-3/h4,6-7,9-12,14,16-17H,5,8,13H2,1-3H3,(H,36,38,42);1H,(H,2,3). The van der Waals surface area contributed by atoms with Crippen LogP contribution in [-0.2, 0) is 15.8 Å². The lowest BCUT2D eigenvalue weighted by Crippen LogP contribution is -2.17. The molecule has 0 aliphatic carbocycles. The molecule has 0 saturated heterocycles. The number of pyridine rings is 1. The zero-order valence-electron chi connectivity index (χ0n) is 24.4. The smallest absolute Gasteiger partial charge is 0.416 e. The molecule has 5 rings (SSSR count). The summed E-state index contributed by atoms with van der Waals surface area (Å²) in [6.07, 6.45) is -0.641. The number of carbonyl (C=O) groups excluding carboxylic acids is 1. The van der Waals surface area contributed by atoms with Crippen LogP contribution in [0, 0.1) is 18.3 Å². The summed E-state index contributed by atoms with van der Waals surface area (Å²) in [5, 5.41) is 27.5. The van der Waals surface area contributed by atoms with E-state index in [2.05, 4.69) is 31.6 Å². The van der Waals surface area contributed by atoms with Crippen molar-refractivity contribution in [2.45, 2.75) is 25.9 Å². The van der Waals surface area contributed by atoms with Crippen LogP contribution in [0.2, 0.25) is 0 Å². The molecule has 0 radical (unpaired) electrons. The Hall–Kier alpha value is -5.62. The topological polar surface area (TPSA) is 154 Å². The SMILES string of the molecule is Cc1c(-c2ncnn2-c2ccc(C#N)cc2)cn2nc(NC(=O)CCCN(C)C)nc2c1-c1cccc(C(F)(F)F)c1.O=CO. The number of nitriles is 1. The quantitative estimate of drug-likeness (QED) is 0.233. The number of amides is 1. The van der Waals surface area contributed by atoms with Crippen LogP contribution in [0.15, 0.2) is 61.1 Å². The van der Waals surface area contributed by atoms with Crippen LogP contribution in [0.1, 0.15) is 29.5 Å².